The number of benzene rings is 1. The Morgan fingerprint density at radius 1 is 1.31 bits per heavy atom. The summed E-state index contributed by atoms with van der Waals surface area (Å²) < 4.78 is 1.82. The number of nitrogens with zero attached hydrogens (tertiary/aromatic N) is 3. The molecule has 4 rings (SSSR count). The minimum absolute atomic E-state index is 0.0705. The van der Waals surface area contributed by atoms with Gasteiger partial charge >= 0.3 is 0 Å². The van der Waals surface area contributed by atoms with Gasteiger partial charge in [0.25, 0.3) is 0 Å². The molecule has 0 aliphatic carbocycles. The van der Waals surface area contributed by atoms with Crippen LogP contribution in [0.1, 0.15) is 35.4 Å². The van der Waals surface area contributed by atoms with Crippen LogP contribution in [0.25, 0.3) is 11.8 Å². The largest absolute Gasteiger partial charge is 0.332 e. The molecule has 0 spiro atoms. The molecule has 1 unspecified atom stereocenters. The van der Waals surface area contributed by atoms with Crippen LogP contribution in [0, 0.1) is 0 Å². The lowest BCUT2D eigenvalue weighted by molar-refractivity contribution is -0.128. The zero-order chi connectivity index (χ0) is 17.9. The number of amides is 1. The van der Waals surface area contributed by atoms with Gasteiger partial charge in [-0.05, 0) is 48.1 Å². The minimum Gasteiger partial charge on any atom is -0.332 e. The van der Waals surface area contributed by atoms with Crippen molar-refractivity contribution in [2.45, 2.75) is 25.8 Å². The number of thiophene rings is 1. The van der Waals surface area contributed by atoms with Crippen LogP contribution in [0.3, 0.4) is 0 Å². The molecule has 5 heteroatoms. The smallest absolute Gasteiger partial charge is 0.247 e. The molecule has 0 radical (unpaired) electrons. The summed E-state index contributed by atoms with van der Waals surface area (Å²) in [6.07, 6.45) is 9.13. The third-order valence-corrected chi connectivity index (χ3v) is 5.80. The fourth-order valence-electron chi connectivity index (χ4n) is 3.51. The highest BCUT2D eigenvalue weighted by atomic mass is 32.1. The van der Waals surface area contributed by atoms with Crippen molar-refractivity contribution >= 4 is 23.3 Å². The summed E-state index contributed by atoms with van der Waals surface area (Å²) in [6, 6.07) is 12.3. The van der Waals surface area contributed by atoms with Gasteiger partial charge in [0.15, 0.2) is 0 Å². The highest BCUT2D eigenvalue weighted by Crippen LogP contribution is 2.35. The molecule has 1 aliphatic heterocycles. The third-order valence-electron chi connectivity index (χ3n) is 4.81. The summed E-state index contributed by atoms with van der Waals surface area (Å²) in [5, 5.41) is 6.51. The number of aromatic nitrogens is 2. The molecule has 4 nitrogen and oxygen atoms in total. The second-order valence-corrected chi connectivity index (χ2v) is 7.39. The maximum atomic E-state index is 12.8. The van der Waals surface area contributed by atoms with Gasteiger partial charge in [-0.3, -0.25) is 4.79 Å². The molecule has 26 heavy (non-hydrogen) atoms. The van der Waals surface area contributed by atoms with Gasteiger partial charge in [-0.2, -0.15) is 5.10 Å². The standard InChI is InChI=1S/C21H21N3OS/c1-2-19-18-11-13-26-20(18)10-12-23(19)21(25)9-8-16-14-22-24(15-16)17-6-4-3-5-7-17/h3-9,11,13-15,19H,2,10,12H2,1H3/b9-8+. The molecular weight excluding hydrogens is 342 g/mol. The van der Waals surface area contributed by atoms with Crippen molar-refractivity contribution in [3.05, 3.63) is 76.3 Å². The van der Waals surface area contributed by atoms with E-state index < -0.39 is 0 Å². The fraction of sp³-hybridized carbons (Fsp3) is 0.238. The lowest BCUT2D eigenvalue weighted by atomic mass is 9.97. The number of carbonyl (C=O) groups excluding carboxylic acids is 1. The van der Waals surface area contributed by atoms with Gasteiger partial charge in [0.1, 0.15) is 0 Å². The quantitative estimate of drug-likeness (QED) is 0.641. The maximum absolute atomic E-state index is 12.8. The molecule has 0 bridgehead atoms. The normalized spacial score (nSPS) is 16.8. The molecule has 1 aliphatic rings. The molecule has 1 atom stereocenters. The molecule has 0 saturated carbocycles. The van der Waals surface area contributed by atoms with Crippen LogP contribution in [0.15, 0.2) is 60.2 Å². The molecular formula is C21H21N3OS. The summed E-state index contributed by atoms with van der Waals surface area (Å²) in [4.78, 5) is 16.2. The molecule has 132 valence electrons. The van der Waals surface area contributed by atoms with Gasteiger partial charge < -0.3 is 4.90 Å². The first-order valence-corrected chi connectivity index (χ1v) is 9.79. The first kappa shape index (κ1) is 16.8. The van der Waals surface area contributed by atoms with Crippen molar-refractivity contribution in [1.82, 2.24) is 14.7 Å². The van der Waals surface area contributed by atoms with Gasteiger partial charge in [0, 0.05) is 29.3 Å². The zero-order valence-corrected chi connectivity index (χ0v) is 15.5. The van der Waals surface area contributed by atoms with E-state index in [1.807, 2.05) is 52.2 Å². The Labute approximate surface area is 157 Å². The van der Waals surface area contributed by atoms with Crippen molar-refractivity contribution in [2.75, 3.05) is 6.54 Å². The summed E-state index contributed by atoms with van der Waals surface area (Å²) in [5.41, 5.74) is 3.25. The molecule has 1 aromatic carbocycles. The van der Waals surface area contributed by atoms with E-state index in [-0.39, 0.29) is 11.9 Å². The molecule has 0 fully saturated rings. The number of hydrogen-bond donors (Lipinski definition) is 0. The Bertz CT molecular complexity index is 926. The van der Waals surface area contributed by atoms with Gasteiger partial charge in [-0.1, -0.05) is 25.1 Å². The number of para-hydroxylation sites is 1. The Hall–Kier alpha value is -2.66. The van der Waals surface area contributed by atoms with Crippen LogP contribution >= 0.6 is 11.3 Å². The van der Waals surface area contributed by atoms with Crippen LogP contribution in [0.2, 0.25) is 0 Å². The average molecular weight is 363 g/mol. The van der Waals surface area contributed by atoms with Crippen LogP contribution in [0.5, 0.6) is 0 Å². The van der Waals surface area contributed by atoms with Crippen molar-refractivity contribution in [3.8, 4) is 5.69 Å². The first-order valence-electron chi connectivity index (χ1n) is 8.91. The molecule has 3 heterocycles. The second kappa shape index (κ2) is 7.30. The highest BCUT2D eigenvalue weighted by Gasteiger charge is 2.29. The Kier molecular flexibility index (Phi) is 4.71. The van der Waals surface area contributed by atoms with Crippen LogP contribution < -0.4 is 0 Å². The summed E-state index contributed by atoms with van der Waals surface area (Å²) in [5.74, 6) is 0.0705. The summed E-state index contributed by atoms with van der Waals surface area (Å²) in [6.45, 7) is 2.93. The van der Waals surface area contributed by atoms with Crippen molar-refractivity contribution in [1.29, 1.82) is 0 Å². The number of fused-ring (bicyclic) bond motifs is 1. The van der Waals surface area contributed by atoms with Gasteiger partial charge in [-0.15, -0.1) is 11.3 Å². The van der Waals surface area contributed by atoms with E-state index in [1.54, 1.807) is 23.6 Å². The number of rotatable bonds is 4. The zero-order valence-electron chi connectivity index (χ0n) is 14.7. The molecule has 1 amide bonds. The van der Waals surface area contributed by atoms with E-state index in [0.29, 0.717) is 0 Å². The van der Waals surface area contributed by atoms with Gasteiger partial charge in [0.05, 0.1) is 17.9 Å². The van der Waals surface area contributed by atoms with Gasteiger partial charge in [-0.25, -0.2) is 4.68 Å². The number of hydrogen-bond acceptors (Lipinski definition) is 3. The maximum Gasteiger partial charge on any atom is 0.247 e. The van der Waals surface area contributed by atoms with Crippen molar-refractivity contribution in [3.63, 3.8) is 0 Å². The van der Waals surface area contributed by atoms with Crippen LogP contribution in [-0.2, 0) is 11.2 Å². The Balaban J connectivity index is 1.49. The highest BCUT2D eigenvalue weighted by molar-refractivity contribution is 7.10. The van der Waals surface area contributed by atoms with E-state index >= 15 is 0 Å². The lowest BCUT2D eigenvalue weighted by Gasteiger charge is -2.34. The van der Waals surface area contributed by atoms with Crippen molar-refractivity contribution in [2.24, 2.45) is 0 Å². The van der Waals surface area contributed by atoms with E-state index in [4.69, 9.17) is 0 Å². The Morgan fingerprint density at radius 2 is 2.15 bits per heavy atom. The number of carbonyl (C=O) groups is 1. The average Bonchev–Trinajstić information content (AvgIpc) is 3.35. The topological polar surface area (TPSA) is 38.1 Å². The molecule has 0 N–H and O–H groups in total. The van der Waals surface area contributed by atoms with E-state index in [2.05, 4.69) is 23.5 Å². The summed E-state index contributed by atoms with van der Waals surface area (Å²) in [7, 11) is 0. The lowest BCUT2D eigenvalue weighted by Crippen LogP contribution is -2.38. The SMILES string of the molecule is CCC1c2ccsc2CCN1C(=O)/C=C/c1cnn(-c2ccccc2)c1. The molecule has 2 aromatic heterocycles. The van der Waals surface area contributed by atoms with E-state index in [9.17, 15) is 4.79 Å². The monoisotopic (exact) mass is 363 g/mol. The van der Waals surface area contributed by atoms with E-state index in [0.717, 1.165) is 30.6 Å². The summed E-state index contributed by atoms with van der Waals surface area (Å²) >= 11 is 1.80. The third kappa shape index (κ3) is 3.22. The predicted molar refractivity (Wildman–Crippen MR) is 105 cm³/mol. The molecule has 0 saturated heterocycles. The van der Waals surface area contributed by atoms with Crippen LogP contribution in [0.4, 0.5) is 0 Å². The second-order valence-electron chi connectivity index (χ2n) is 6.39. The van der Waals surface area contributed by atoms with E-state index in [1.165, 1.54) is 10.4 Å². The Morgan fingerprint density at radius 3 is 2.96 bits per heavy atom. The molecule has 3 aromatic rings. The first-order chi connectivity index (χ1) is 12.8. The van der Waals surface area contributed by atoms with Crippen molar-refractivity contribution < 1.29 is 4.79 Å². The minimum atomic E-state index is 0.0705. The predicted octanol–water partition coefficient (Wildman–Crippen LogP) is 4.48. The fourth-order valence-corrected chi connectivity index (χ4v) is 4.44. The van der Waals surface area contributed by atoms with Crippen LogP contribution in [-0.4, -0.2) is 27.1 Å². The van der Waals surface area contributed by atoms with Gasteiger partial charge in [0.2, 0.25) is 5.91 Å².